The molecule has 1 N–H and O–H groups in total. The van der Waals surface area contributed by atoms with Crippen LogP contribution in [-0.2, 0) is 4.79 Å². The smallest absolute Gasteiger partial charge is 0.227 e. The van der Waals surface area contributed by atoms with Crippen molar-refractivity contribution in [2.24, 2.45) is 5.92 Å². The molecule has 1 heterocycles. The molecule has 1 aliphatic rings. The lowest BCUT2D eigenvalue weighted by atomic mass is 9.83. The van der Waals surface area contributed by atoms with Crippen LogP contribution in [0.15, 0.2) is 16.6 Å². The van der Waals surface area contributed by atoms with E-state index in [9.17, 15) is 4.79 Å². The first-order valence-electron chi connectivity index (χ1n) is 5.11. The van der Waals surface area contributed by atoms with Crippen molar-refractivity contribution < 1.29 is 4.79 Å². The molecule has 0 radical (unpaired) electrons. The molecule has 1 aliphatic heterocycles. The van der Waals surface area contributed by atoms with Crippen molar-refractivity contribution in [3.8, 4) is 0 Å². The normalized spacial score (nSPS) is 24.7. The van der Waals surface area contributed by atoms with Crippen molar-refractivity contribution in [1.82, 2.24) is 0 Å². The Hall–Kier alpha value is -0.830. The topological polar surface area (TPSA) is 29.1 Å². The minimum atomic E-state index is 0.0474. The van der Waals surface area contributed by atoms with Crippen molar-refractivity contribution in [3.05, 3.63) is 27.7 Å². The molecule has 1 amide bonds. The minimum absolute atomic E-state index is 0.0474. The second kappa shape index (κ2) is 3.63. The maximum absolute atomic E-state index is 11.7. The first kappa shape index (κ1) is 10.7. The minimum Gasteiger partial charge on any atom is -0.325 e. The third-order valence-corrected chi connectivity index (χ3v) is 3.69. The zero-order valence-corrected chi connectivity index (χ0v) is 10.7. The van der Waals surface area contributed by atoms with E-state index in [-0.39, 0.29) is 17.7 Å². The zero-order valence-electron chi connectivity index (χ0n) is 9.10. The number of rotatable bonds is 0. The van der Waals surface area contributed by atoms with Gasteiger partial charge in [-0.2, -0.15) is 0 Å². The van der Waals surface area contributed by atoms with Crippen molar-refractivity contribution in [2.75, 3.05) is 5.32 Å². The van der Waals surface area contributed by atoms with Crippen LogP contribution in [0.25, 0.3) is 0 Å². The molecule has 0 aliphatic carbocycles. The molecule has 0 saturated heterocycles. The van der Waals surface area contributed by atoms with Gasteiger partial charge in [0, 0.05) is 16.1 Å². The van der Waals surface area contributed by atoms with E-state index in [4.69, 9.17) is 0 Å². The quantitative estimate of drug-likeness (QED) is 0.767. The second-order valence-electron chi connectivity index (χ2n) is 4.25. The lowest BCUT2D eigenvalue weighted by molar-refractivity contribution is -0.120. The Balaban J connectivity index is 2.60. The maximum atomic E-state index is 11.7. The number of carbonyl (C=O) groups is 1. The first-order chi connectivity index (χ1) is 7.00. The third kappa shape index (κ3) is 1.69. The van der Waals surface area contributed by atoms with Gasteiger partial charge in [-0.15, -0.1) is 0 Å². The first-order valence-corrected chi connectivity index (χ1v) is 5.91. The average molecular weight is 268 g/mol. The Morgan fingerprint density at radius 1 is 1.27 bits per heavy atom. The summed E-state index contributed by atoms with van der Waals surface area (Å²) in [6.07, 6.45) is 0. The summed E-state index contributed by atoms with van der Waals surface area (Å²) in [6.45, 7) is 6.10. The van der Waals surface area contributed by atoms with Gasteiger partial charge in [0.2, 0.25) is 5.91 Å². The van der Waals surface area contributed by atoms with Crippen LogP contribution in [0, 0.1) is 12.8 Å². The number of aryl methyl sites for hydroxylation is 1. The molecule has 0 bridgehead atoms. The molecule has 1 aromatic carbocycles. The van der Waals surface area contributed by atoms with Crippen molar-refractivity contribution in [2.45, 2.75) is 26.7 Å². The van der Waals surface area contributed by atoms with Gasteiger partial charge < -0.3 is 5.32 Å². The number of hydrogen-bond donors (Lipinski definition) is 1. The molecule has 1 aromatic rings. The molecule has 0 unspecified atom stereocenters. The monoisotopic (exact) mass is 267 g/mol. The van der Waals surface area contributed by atoms with E-state index < -0.39 is 0 Å². The Kier molecular flexibility index (Phi) is 2.59. The lowest BCUT2D eigenvalue weighted by Gasteiger charge is -2.29. The number of benzene rings is 1. The number of halogens is 1. The van der Waals surface area contributed by atoms with Crippen LogP contribution in [0.1, 0.15) is 30.9 Å². The maximum Gasteiger partial charge on any atom is 0.227 e. The van der Waals surface area contributed by atoms with Crippen molar-refractivity contribution in [1.29, 1.82) is 0 Å². The summed E-state index contributed by atoms with van der Waals surface area (Å²) in [7, 11) is 0. The summed E-state index contributed by atoms with van der Waals surface area (Å²) in [5, 5.41) is 2.98. The van der Waals surface area contributed by atoms with Crippen LogP contribution in [0.2, 0.25) is 0 Å². The van der Waals surface area contributed by atoms with Gasteiger partial charge in [0.25, 0.3) is 0 Å². The highest BCUT2D eigenvalue weighted by molar-refractivity contribution is 9.10. The molecule has 0 aromatic heterocycles. The number of anilines is 1. The molecule has 15 heavy (non-hydrogen) atoms. The predicted octanol–water partition coefficient (Wildman–Crippen LogP) is 3.45. The third-order valence-electron chi connectivity index (χ3n) is 3.23. The van der Waals surface area contributed by atoms with Gasteiger partial charge >= 0.3 is 0 Å². The number of hydrogen-bond acceptors (Lipinski definition) is 1. The standard InChI is InChI=1S/C12H14BrNO/c1-6-4-9(13)5-10-7(2)8(3)12(15)14-11(6)10/h4-5,7-8H,1-3H3,(H,14,15)/t7-,8-/m0/s1. The highest BCUT2D eigenvalue weighted by atomic mass is 79.9. The van der Waals surface area contributed by atoms with Crippen LogP contribution in [0.4, 0.5) is 5.69 Å². The molecule has 0 fully saturated rings. The summed E-state index contributed by atoms with van der Waals surface area (Å²) in [6, 6.07) is 4.13. The molecule has 2 atom stereocenters. The fourth-order valence-electron chi connectivity index (χ4n) is 2.03. The van der Waals surface area contributed by atoms with E-state index in [2.05, 4.69) is 34.2 Å². The van der Waals surface area contributed by atoms with Crippen LogP contribution in [-0.4, -0.2) is 5.91 Å². The Morgan fingerprint density at radius 2 is 1.93 bits per heavy atom. The molecule has 80 valence electrons. The Bertz CT molecular complexity index is 428. The summed E-state index contributed by atoms with van der Waals surface area (Å²) >= 11 is 3.49. The summed E-state index contributed by atoms with van der Waals surface area (Å²) < 4.78 is 1.08. The van der Waals surface area contributed by atoms with E-state index in [1.54, 1.807) is 0 Å². The molecule has 2 nitrogen and oxygen atoms in total. The fraction of sp³-hybridized carbons (Fsp3) is 0.417. The van der Waals surface area contributed by atoms with E-state index in [1.807, 2.05) is 19.9 Å². The molecular formula is C12H14BrNO. The second-order valence-corrected chi connectivity index (χ2v) is 5.17. The number of nitrogens with one attached hydrogen (secondary N) is 1. The van der Waals surface area contributed by atoms with Gasteiger partial charge in [0.15, 0.2) is 0 Å². The fourth-order valence-corrected chi connectivity index (χ4v) is 2.62. The van der Waals surface area contributed by atoms with Gasteiger partial charge in [-0.1, -0.05) is 29.8 Å². The molecule has 0 spiro atoms. The van der Waals surface area contributed by atoms with Crippen LogP contribution in [0.5, 0.6) is 0 Å². The van der Waals surface area contributed by atoms with Crippen LogP contribution >= 0.6 is 15.9 Å². The van der Waals surface area contributed by atoms with Gasteiger partial charge in [-0.3, -0.25) is 4.79 Å². The highest BCUT2D eigenvalue weighted by Gasteiger charge is 2.30. The molecule has 2 rings (SSSR count). The van der Waals surface area contributed by atoms with Crippen molar-refractivity contribution in [3.63, 3.8) is 0 Å². The zero-order chi connectivity index (χ0) is 11.2. The number of amides is 1. The van der Waals surface area contributed by atoms with Gasteiger partial charge in [-0.25, -0.2) is 0 Å². The molecule has 0 saturated carbocycles. The SMILES string of the molecule is Cc1cc(Br)cc2c1NC(=O)[C@@H](C)[C@@H]2C. The predicted molar refractivity (Wildman–Crippen MR) is 65.1 cm³/mol. The van der Waals surface area contributed by atoms with Gasteiger partial charge in [0.05, 0.1) is 0 Å². The average Bonchev–Trinajstić information content (AvgIpc) is 2.17. The van der Waals surface area contributed by atoms with Crippen LogP contribution < -0.4 is 5.32 Å². The van der Waals surface area contributed by atoms with E-state index in [0.717, 1.165) is 15.7 Å². The van der Waals surface area contributed by atoms with Gasteiger partial charge in [0.1, 0.15) is 0 Å². The summed E-state index contributed by atoms with van der Waals surface area (Å²) in [4.78, 5) is 11.7. The Labute approximate surface area is 98.2 Å². The van der Waals surface area contributed by atoms with Gasteiger partial charge in [-0.05, 0) is 36.1 Å². The number of fused-ring (bicyclic) bond motifs is 1. The van der Waals surface area contributed by atoms with Crippen LogP contribution in [0.3, 0.4) is 0 Å². The lowest BCUT2D eigenvalue weighted by Crippen LogP contribution is -2.30. The van der Waals surface area contributed by atoms with E-state index in [1.165, 1.54) is 5.56 Å². The molecular weight excluding hydrogens is 254 g/mol. The van der Waals surface area contributed by atoms with E-state index >= 15 is 0 Å². The summed E-state index contributed by atoms with van der Waals surface area (Å²) in [5.41, 5.74) is 3.34. The largest absolute Gasteiger partial charge is 0.325 e. The number of carbonyl (C=O) groups excluding carboxylic acids is 1. The van der Waals surface area contributed by atoms with Crippen molar-refractivity contribution >= 4 is 27.5 Å². The highest BCUT2D eigenvalue weighted by Crippen LogP contribution is 2.38. The van der Waals surface area contributed by atoms with E-state index in [0.29, 0.717) is 0 Å². The molecule has 3 heteroatoms. The summed E-state index contributed by atoms with van der Waals surface area (Å²) in [5.74, 6) is 0.455. The Morgan fingerprint density at radius 3 is 2.60 bits per heavy atom.